The third kappa shape index (κ3) is 1.74. The summed E-state index contributed by atoms with van der Waals surface area (Å²) in [6.45, 7) is 3.15. The molecule has 0 aromatic heterocycles. The van der Waals surface area contributed by atoms with Crippen LogP contribution in [-0.4, -0.2) is 18.3 Å². The molecule has 1 saturated carbocycles. The summed E-state index contributed by atoms with van der Waals surface area (Å²) >= 11 is 0. The Morgan fingerprint density at radius 1 is 1.64 bits per heavy atom. The zero-order chi connectivity index (χ0) is 8.32. The van der Waals surface area contributed by atoms with Crippen LogP contribution in [0.3, 0.4) is 0 Å². The van der Waals surface area contributed by atoms with Gasteiger partial charge in [0.05, 0.1) is 0 Å². The topological polar surface area (TPSA) is 46.2 Å². The van der Waals surface area contributed by atoms with Crippen LogP contribution in [0.5, 0.6) is 0 Å². The van der Waals surface area contributed by atoms with Crippen molar-refractivity contribution in [2.24, 2.45) is 17.1 Å². The fourth-order valence-corrected chi connectivity index (χ4v) is 2.07. The molecule has 2 heteroatoms. The largest absolute Gasteiger partial charge is 0.396 e. The molecule has 0 aromatic rings. The van der Waals surface area contributed by atoms with E-state index in [-0.39, 0.29) is 12.0 Å². The predicted octanol–water partition coefficient (Wildman–Crippen LogP) is 1.13. The zero-order valence-electron chi connectivity index (χ0n) is 7.34. The van der Waals surface area contributed by atoms with Crippen molar-refractivity contribution < 1.29 is 5.11 Å². The Morgan fingerprint density at radius 3 is 2.64 bits per heavy atom. The van der Waals surface area contributed by atoms with E-state index in [4.69, 9.17) is 10.8 Å². The summed E-state index contributed by atoms with van der Waals surface area (Å²) in [5.41, 5.74) is 5.72. The molecular formula is C9H19NO. The second kappa shape index (κ2) is 3.55. The maximum atomic E-state index is 9.15. The van der Waals surface area contributed by atoms with Crippen LogP contribution in [0.2, 0.25) is 0 Å². The summed E-state index contributed by atoms with van der Waals surface area (Å²) in [6.07, 6.45) is 4.75. The van der Waals surface area contributed by atoms with E-state index in [0.29, 0.717) is 6.54 Å². The Hall–Kier alpha value is -0.0800. The Bertz CT molecular complexity index is 121. The highest BCUT2D eigenvalue weighted by atomic mass is 16.3. The molecule has 0 saturated heterocycles. The van der Waals surface area contributed by atoms with Crippen molar-refractivity contribution in [1.82, 2.24) is 0 Å². The van der Waals surface area contributed by atoms with Crippen LogP contribution in [0.4, 0.5) is 0 Å². The first-order valence-electron chi connectivity index (χ1n) is 4.57. The summed E-state index contributed by atoms with van der Waals surface area (Å²) < 4.78 is 0. The third-order valence-corrected chi connectivity index (χ3v) is 3.15. The van der Waals surface area contributed by atoms with Crippen molar-refractivity contribution in [1.29, 1.82) is 0 Å². The zero-order valence-corrected chi connectivity index (χ0v) is 7.34. The van der Waals surface area contributed by atoms with E-state index in [1.807, 2.05) is 0 Å². The molecule has 11 heavy (non-hydrogen) atoms. The highest BCUT2D eigenvalue weighted by molar-refractivity contribution is 4.88. The molecule has 1 fully saturated rings. The predicted molar refractivity (Wildman–Crippen MR) is 46.2 cm³/mol. The standard InChI is InChI=1S/C9H19NO/c1-2-8-3-4-9(5-8,6-10)7-11/h8,11H,2-7,10H2,1H3. The lowest BCUT2D eigenvalue weighted by Gasteiger charge is -2.24. The van der Waals surface area contributed by atoms with Crippen LogP contribution < -0.4 is 5.73 Å². The highest BCUT2D eigenvalue weighted by Crippen LogP contribution is 2.41. The fourth-order valence-electron chi connectivity index (χ4n) is 2.07. The number of hydrogen-bond acceptors (Lipinski definition) is 2. The molecular weight excluding hydrogens is 138 g/mol. The minimum atomic E-state index is 0.0840. The Kier molecular flexibility index (Phi) is 2.90. The highest BCUT2D eigenvalue weighted by Gasteiger charge is 2.36. The van der Waals surface area contributed by atoms with E-state index < -0.39 is 0 Å². The van der Waals surface area contributed by atoms with E-state index in [1.165, 1.54) is 12.8 Å². The van der Waals surface area contributed by atoms with Crippen molar-refractivity contribution in [3.63, 3.8) is 0 Å². The van der Waals surface area contributed by atoms with Gasteiger partial charge in [0, 0.05) is 18.6 Å². The first-order chi connectivity index (χ1) is 5.26. The molecule has 0 aromatic carbocycles. The lowest BCUT2D eigenvalue weighted by Crippen LogP contribution is -2.31. The minimum Gasteiger partial charge on any atom is -0.396 e. The van der Waals surface area contributed by atoms with E-state index >= 15 is 0 Å². The van der Waals surface area contributed by atoms with Gasteiger partial charge in [0.2, 0.25) is 0 Å². The maximum Gasteiger partial charge on any atom is 0.0499 e. The molecule has 1 rings (SSSR count). The van der Waals surface area contributed by atoms with Gasteiger partial charge in [0.15, 0.2) is 0 Å². The normalized spacial score (nSPS) is 37.9. The van der Waals surface area contributed by atoms with Crippen LogP contribution >= 0.6 is 0 Å². The molecule has 0 bridgehead atoms. The number of hydrogen-bond donors (Lipinski definition) is 2. The van der Waals surface area contributed by atoms with Crippen LogP contribution in [0.25, 0.3) is 0 Å². The summed E-state index contributed by atoms with van der Waals surface area (Å²) in [7, 11) is 0. The average Bonchev–Trinajstić information content (AvgIpc) is 2.49. The van der Waals surface area contributed by atoms with Gasteiger partial charge in [0.25, 0.3) is 0 Å². The van der Waals surface area contributed by atoms with Crippen LogP contribution in [0.15, 0.2) is 0 Å². The maximum absolute atomic E-state index is 9.15. The van der Waals surface area contributed by atoms with Gasteiger partial charge in [-0.15, -0.1) is 0 Å². The summed E-state index contributed by atoms with van der Waals surface area (Å²) in [5, 5.41) is 9.15. The first kappa shape index (κ1) is 9.01. The second-order valence-corrected chi connectivity index (χ2v) is 3.88. The second-order valence-electron chi connectivity index (χ2n) is 3.88. The van der Waals surface area contributed by atoms with Crippen molar-refractivity contribution in [3.05, 3.63) is 0 Å². The molecule has 2 atom stereocenters. The molecule has 0 aliphatic heterocycles. The average molecular weight is 157 g/mol. The third-order valence-electron chi connectivity index (χ3n) is 3.15. The van der Waals surface area contributed by atoms with Gasteiger partial charge in [0.1, 0.15) is 0 Å². The molecule has 3 N–H and O–H groups in total. The van der Waals surface area contributed by atoms with E-state index in [9.17, 15) is 0 Å². The quantitative estimate of drug-likeness (QED) is 0.645. The Labute approximate surface area is 68.8 Å². The molecule has 1 aliphatic carbocycles. The number of nitrogens with two attached hydrogens (primary N) is 1. The van der Waals surface area contributed by atoms with Gasteiger partial charge in [-0.25, -0.2) is 0 Å². The Balaban J connectivity index is 2.48. The first-order valence-corrected chi connectivity index (χ1v) is 4.57. The Morgan fingerprint density at radius 2 is 2.36 bits per heavy atom. The van der Waals surface area contributed by atoms with E-state index in [1.54, 1.807) is 0 Å². The monoisotopic (exact) mass is 157 g/mol. The SMILES string of the molecule is CCC1CCC(CN)(CO)C1. The molecule has 0 heterocycles. The molecule has 2 nitrogen and oxygen atoms in total. The molecule has 66 valence electrons. The van der Waals surface area contributed by atoms with E-state index in [0.717, 1.165) is 18.8 Å². The van der Waals surface area contributed by atoms with Gasteiger partial charge < -0.3 is 10.8 Å². The van der Waals surface area contributed by atoms with Gasteiger partial charge in [-0.2, -0.15) is 0 Å². The summed E-state index contributed by atoms with van der Waals surface area (Å²) in [4.78, 5) is 0. The summed E-state index contributed by atoms with van der Waals surface area (Å²) in [5.74, 6) is 0.811. The molecule has 2 unspecified atom stereocenters. The lowest BCUT2D eigenvalue weighted by atomic mass is 9.86. The molecule has 0 spiro atoms. The van der Waals surface area contributed by atoms with Gasteiger partial charge in [-0.1, -0.05) is 13.3 Å². The number of rotatable bonds is 3. The molecule has 0 radical (unpaired) electrons. The molecule has 0 amide bonds. The fraction of sp³-hybridized carbons (Fsp3) is 1.00. The number of aliphatic hydroxyl groups is 1. The minimum absolute atomic E-state index is 0.0840. The van der Waals surface area contributed by atoms with Crippen molar-refractivity contribution >= 4 is 0 Å². The number of aliphatic hydroxyl groups excluding tert-OH is 1. The van der Waals surface area contributed by atoms with Crippen LogP contribution in [-0.2, 0) is 0 Å². The van der Waals surface area contributed by atoms with Gasteiger partial charge in [-0.3, -0.25) is 0 Å². The van der Waals surface area contributed by atoms with Crippen molar-refractivity contribution in [3.8, 4) is 0 Å². The lowest BCUT2D eigenvalue weighted by molar-refractivity contribution is 0.133. The van der Waals surface area contributed by atoms with Crippen molar-refractivity contribution in [2.45, 2.75) is 32.6 Å². The smallest absolute Gasteiger partial charge is 0.0499 e. The van der Waals surface area contributed by atoms with Crippen LogP contribution in [0.1, 0.15) is 32.6 Å². The van der Waals surface area contributed by atoms with Gasteiger partial charge in [-0.05, 0) is 25.2 Å². The van der Waals surface area contributed by atoms with Gasteiger partial charge >= 0.3 is 0 Å². The molecule has 1 aliphatic rings. The van der Waals surface area contributed by atoms with Crippen molar-refractivity contribution in [2.75, 3.05) is 13.2 Å². The van der Waals surface area contributed by atoms with E-state index in [2.05, 4.69) is 6.92 Å². The van der Waals surface area contributed by atoms with Crippen LogP contribution in [0, 0.1) is 11.3 Å². The summed E-state index contributed by atoms with van der Waals surface area (Å²) in [6, 6.07) is 0.